The summed E-state index contributed by atoms with van der Waals surface area (Å²) in [6.07, 6.45) is 0. The Morgan fingerprint density at radius 2 is 2.19 bits per heavy atom. The second-order valence-electron chi connectivity index (χ2n) is 4.67. The molecule has 0 atom stereocenters. The van der Waals surface area contributed by atoms with Gasteiger partial charge in [0.1, 0.15) is 0 Å². The standard InChI is InChI=1S/C14H17N3O3S/c1-11-9-13(5-4-12(11)3-2-6-15)21(19,20)17-8-7-16-14(18)10-17/h4-5,9H,6-8,10,15H2,1H3,(H,16,18). The van der Waals surface area contributed by atoms with E-state index in [1.807, 2.05) is 0 Å². The third kappa shape index (κ3) is 3.42. The number of nitrogens with two attached hydrogens (primary N) is 1. The van der Waals surface area contributed by atoms with Gasteiger partial charge in [-0.2, -0.15) is 4.31 Å². The summed E-state index contributed by atoms with van der Waals surface area (Å²) in [6.45, 7) is 2.51. The number of hydrogen-bond donors (Lipinski definition) is 2. The molecule has 0 aliphatic carbocycles. The number of nitrogens with one attached hydrogen (secondary N) is 1. The van der Waals surface area contributed by atoms with Crippen LogP contribution in [-0.2, 0) is 14.8 Å². The maximum Gasteiger partial charge on any atom is 0.243 e. The van der Waals surface area contributed by atoms with Crippen molar-refractivity contribution in [1.82, 2.24) is 9.62 Å². The lowest BCUT2D eigenvalue weighted by atomic mass is 10.1. The molecule has 2 rings (SSSR count). The molecule has 0 bridgehead atoms. The first-order valence-electron chi connectivity index (χ1n) is 6.51. The summed E-state index contributed by atoms with van der Waals surface area (Å²) < 4.78 is 26.2. The van der Waals surface area contributed by atoms with Crippen molar-refractivity contribution >= 4 is 15.9 Å². The fraction of sp³-hybridized carbons (Fsp3) is 0.357. The average molecular weight is 307 g/mol. The van der Waals surface area contributed by atoms with Crippen molar-refractivity contribution in [3.05, 3.63) is 29.3 Å². The van der Waals surface area contributed by atoms with E-state index in [4.69, 9.17) is 5.73 Å². The maximum atomic E-state index is 12.5. The minimum atomic E-state index is -3.66. The van der Waals surface area contributed by atoms with Gasteiger partial charge in [-0.25, -0.2) is 8.42 Å². The normalized spacial score (nSPS) is 16.0. The molecule has 1 amide bonds. The van der Waals surface area contributed by atoms with Gasteiger partial charge in [-0.15, -0.1) is 0 Å². The second kappa shape index (κ2) is 6.26. The van der Waals surface area contributed by atoms with Crippen molar-refractivity contribution in [2.45, 2.75) is 11.8 Å². The predicted molar refractivity (Wildman–Crippen MR) is 78.9 cm³/mol. The van der Waals surface area contributed by atoms with Gasteiger partial charge in [0.25, 0.3) is 0 Å². The Morgan fingerprint density at radius 3 is 2.81 bits per heavy atom. The van der Waals surface area contributed by atoms with E-state index in [9.17, 15) is 13.2 Å². The van der Waals surface area contributed by atoms with Gasteiger partial charge >= 0.3 is 0 Å². The Balaban J connectivity index is 2.32. The van der Waals surface area contributed by atoms with Gasteiger partial charge in [-0.05, 0) is 30.7 Å². The molecular weight excluding hydrogens is 290 g/mol. The van der Waals surface area contributed by atoms with E-state index in [1.54, 1.807) is 19.1 Å². The summed E-state index contributed by atoms with van der Waals surface area (Å²) in [6, 6.07) is 4.74. The van der Waals surface area contributed by atoms with E-state index >= 15 is 0 Å². The van der Waals surface area contributed by atoms with Crippen LogP contribution in [0.4, 0.5) is 0 Å². The van der Waals surface area contributed by atoms with Crippen LogP contribution in [0.2, 0.25) is 0 Å². The van der Waals surface area contributed by atoms with Crippen LogP contribution in [0.1, 0.15) is 11.1 Å². The molecule has 0 radical (unpaired) electrons. The smallest absolute Gasteiger partial charge is 0.243 e. The Bertz CT molecular complexity index is 717. The number of rotatable bonds is 2. The summed E-state index contributed by atoms with van der Waals surface area (Å²) >= 11 is 0. The van der Waals surface area contributed by atoms with E-state index in [1.165, 1.54) is 10.4 Å². The van der Waals surface area contributed by atoms with E-state index < -0.39 is 10.0 Å². The van der Waals surface area contributed by atoms with Gasteiger partial charge in [-0.1, -0.05) is 11.8 Å². The molecule has 6 nitrogen and oxygen atoms in total. The van der Waals surface area contributed by atoms with Crippen molar-refractivity contribution in [1.29, 1.82) is 0 Å². The highest BCUT2D eigenvalue weighted by Crippen LogP contribution is 2.19. The quantitative estimate of drug-likeness (QED) is 0.715. The molecule has 0 aromatic heterocycles. The van der Waals surface area contributed by atoms with Crippen LogP contribution in [0.15, 0.2) is 23.1 Å². The molecule has 1 aliphatic heterocycles. The summed E-state index contributed by atoms with van der Waals surface area (Å²) in [5, 5.41) is 2.60. The molecule has 0 spiro atoms. The Kier molecular flexibility index (Phi) is 4.63. The van der Waals surface area contributed by atoms with Crippen molar-refractivity contribution in [2.24, 2.45) is 5.73 Å². The van der Waals surface area contributed by atoms with E-state index in [-0.39, 0.29) is 30.4 Å². The first-order valence-corrected chi connectivity index (χ1v) is 7.95. The zero-order chi connectivity index (χ0) is 15.5. The summed E-state index contributed by atoms with van der Waals surface area (Å²) in [7, 11) is -3.66. The SMILES string of the molecule is Cc1cc(S(=O)(=O)N2CCNC(=O)C2)ccc1C#CCN. The summed E-state index contributed by atoms with van der Waals surface area (Å²) in [4.78, 5) is 11.5. The zero-order valence-corrected chi connectivity index (χ0v) is 12.5. The number of benzene rings is 1. The molecule has 7 heteroatoms. The molecule has 1 aromatic carbocycles. The molecule has 21 heavy (non-hydrogen) atoms. The largest absolute Gasteiger partial charge is 0.354 e. The molecule has 1 aromatic rings. The number of sulfonamides is 1. The molecule has 112 valence electrons. The highest BCUT2D eigenvalue weighted by molar-refractivity contribution is 7.89. The van der Waals surface area contributed by atoms with Crippen LogP contribution in [-0.4, -0.2) is 44.8 Å². The molecule has 0 unspecified atom stereocenters. The third-order valence-corrected chi connectivity index (χ3v) is 5.01. The number of carbonyl (C=O) groups is 1. The highest BCUT2D eigenvalue weighted by atomic mass is 32.2. The lowest BCUT2D eigenvalue weighted by Gasteiger charge is -2.26. The lowest BCUT2D eigenvalue weighted by molar-refractivity contribution is -0.122. The van der Waals surface area contributed by atoms with Crippen molar-refractivity contribution < 1.29 is 13.2 Å². The second-order valence-corrected chi connectivity index (χ2v) is 6.61. The summed E-state index contributed by atoms with van der Waals surface area (Å²) in [5.74, 6) is 5.34. The van der Waals surface area contributed by atoms with Gasteiger partial charge in [0.15, 0.2) is 0 Å². The zero-order valence-electron chi connectivity index (χ0n) is 11.7. The number of carbonyl (C=O) groups excluding carboxylic acids is 1. The van der Waals surface area contributed by atoms with Crippen molar-refractivity contribution in [3.8, 4) is 11.8 Å². The fourth-order valence-corrected chi connectivity index (χ4v) is 3.54. The Labute approximate surface area is 124 Å². The maximum absolute atomic E-state index is 12.5. The Hall–Kier alpha value is -1.88. The molecule has 3 N–H and O–H groups in total. The number of hydrogen-bond acceptors (Lipinski definition) is 4. The topological polar surface area (TPSA) is 92.5 Å². The van der Waals surface area contributed by atoms with Crippen LogP contribution < -0.4 is 11.1 Å². The lowest BCUT2D eigenvalue weighted by Crippen LogP contribution is -2.49. The van der Waals surface area contributed by atoms with E-state index in [0.29, 0.717) is 6.54 Å². The first-order chi connectivity index (χ1) is 9.95. The van der Waals surface area contributed by atoms with Crippen molar-refractivity contribution in [2.75, 3.05) is 26.2 Å². The van der Waals surface area contributed by atoms with Crippen LogP contribution in [0, 0.1) is 18.8 Å². The van der Waals surface area contributed by atoms with Gasteiger partial charge in [0.05, 0.1) is 18.0 Å². The van der Waals surface area contributed by atoms with Gasteiger partial charge < -0.3 is 11.1 Å². The van der Waals surface area contributed by atoms with E-state index in [0.717, 1.165) is 11.1 Å². The monoisotopic (exact) mass is 307 g/mol. The fourth-order valence-electron chi connectivity index (χ4n) is 2.05. The van der Waals surface area contributed by atoms with Gasteiger partial charge in [0.2, 0.25) is 15.9 Å². The molecular formula is C14H17N3O3S. The van der Waals surface area contributed by atoms with Crippen LogP contribution in [0.3, 0.4) is 0 Å². The first kappa shape index (κ1) is 15.5. The number of aryl methyl sites for hydroxylation is 1. The summed E-state index contributed by atoms with van der Waals surface area (Å²) in [5.41, 5.74) is 6.83. The average Bonchev–Trinajstić information content (AvgIpc) is 2.46. The third-order valence-electron chi connectivity index (χ3n) is 3.16. The predicted octanol–water partition coefficient (Wildman–Crippen LogP) is -0.574. The van der Waals surface area contributed by atoms with E-state index in [2.05, 4.69) is 17.2 Å². The number of nitrogens with zero attached hydrogens (tertiary/aromatic N) is 1. The molecule has 1 heterocycles. The number of amides is 1. The van der Waals surface area contributed by atoms with Crippen LogP contribution in [0.25, 0.3) is 0 Å². The highest BCUT2D eigenvalue weighted by Gasteiger charge is 2.29. The van der Waals surface area contributed by atoms with Gasteiger partial charge in [0, 0.05) is 18.7 Å². The van der Waals surface area contributed by atoms with Crippen LogP contribution in [0.5, 0.6) is 0 Å². The Morgan fingerprint density at radius 1 is 1.43 bits per heavy atom. The molecule has 0 saturated carbocycles. The molecule has 1 saturated heterocycles. The van der Waals surface area contributed by atoms with Crippen molar-refractivity contribution in [3.63, 3.8) is 0 Å². The number of piperazine rings is 1. The van der Waals surface area contributed by atoms with Gasteiger partial charge in [-0.3, -0.25) is 4.79 Å². The minimum absolute atomic E-state index is 0.143. The molecule has 1 fully saturated rings. The van der Waals surface area contributed by atoms with Crippen LogP contribution >= 0.6 is 0 Å². The minimum Gasteiger partial charge on any atom is -0.354 e. The molecule has 1 aliphatic rings.